The van der Waals surface area contributed by atoms with Crippen LogP contribution in [0.3, 0.4) is 0 Å². The number of aromatic nitrogens is 2. The first-order valence-electron chi connectivity index (χ1n) is 8.72. The molecule has 0 fully saturated rings. The maximum atomic E-state index is 12.0. The van der Waals surface area contributed by atoms with E-state index in [1.54, 1.807) is 31.3 Å². The van der Waals surface area contributed by atoms with E-state index in [0.29, 0.717) is 28.3 Å². The van der Waals surface area contributed by atoms with Gasteiger partial charge in [0.25, 0.3) is 0 Å². The Labute approximate surface area is 167 Å². The van der Waals surface area contributed by atoms with Gasteiger partial charge in [0.1, 0.15) is 11.6 Å². The summed E-state index contributed by atoms with van der Waals surface area (Å²) in [6.07, 6.45) is 2.66. The molecule has 0 spiro atoms. The van der Waals surface area contributed by atoms with Crippen molar-refractivity contribution in [3.63, 3.8) is 0 Å². The second-order valence-corrected chi connectivity index (χ2v) is 5.78. The number of nitrogens with zero attached hydrogens (tertiary/aromatic N) is 3. The molecule has 0 atom stereocenters. The van der Waals surface area contributed by atoms with E-state index in [4.69, 9.17) is 14.2 Å². The van der Waals surface area contributed by atoms with Crippen molar-refractivity contribution in [1.82, 2.24) is 9.78 Å². The van der Waals surface area contributed by atoms with Gasteiger partial charge < -0.3 is 24.1 Å². The predicted molar refractivity (Wildman–Crippen MR) is 101 cm³/mol. The van der Waals surface area contributed by atoms with Crippen LogP contribution in [0.1, 0.15) is 18.9 Å². The highest BCUT2D eigenvalue weighted by Crippen LogP contribution is 2.33. The van der Waals surface area contributed by atoms with Gasteiger partial charge in [-0.25, -0.2) is 4.79 Å². The van der Waals surface area contributed by atoms with E-state index in [9.17, 15) is 20.0 Å². The number of nitriles is 1. The Morgan fingerprint density at radius 1 is 1.28 bits per heavy atom. The van der Waals surface area contributed by atoms with Gasteiger partial charge in [-0.05, 0) is 31.2 Å². The summed E-state index contributed by atoms with van der Waals surface area (Å²) >= 11 is 0. The molecule has 1 heterocycles. The van der Waals surface area contributed by atoms with Crippen molar-refractivity contribution < 1.29 is 28.9 Å². The zero-order valence-corrected chi connectivity index (χ0v) is 16.3. The highest BCUT2D eigenvalue weighted by atomic mass is 16.5. The van der Waals surface area contributed by atoms with Crippen LogP contribution in [0.25, 0.3) is 17.3 Å². The number of carboxylic acid groups (broad SMARTS) is 1. The molecule has 0 saturated heterocycles. The molecule has 0 radical (unpaired) electrons. The molecule has 0 saturated carbocycles. The number of carboxylic acids is 1. The summed E-state index contributed by atoms with van der Waals surface area (Å²) in [5.41, 5.74) is 1.30. The summed E-state index contributed by atoms with van der Waals surface area (Å²) in [5, 5.41) is 24.5. The van der Waals surface area contributed by atoms with Gasteiger partial charge in [-0.2, -0.15) is 10.4 Å². The van der Waals surface area contributed by atoms with E-state index >= 15 is 0 Å². The van der Waals surface area contributed by atoms with E-state index in [2.05, 4.69) is 5.10 Å². The van der Waals surface area contributed by atoms with Crippen LogP contribution in [0.4, 0.5) is 0 Å². The fraction of sp³-hybridized carbons (Fsp3) is 0.300. The maximum absolute atomic E-state index is 12.0. The molecule has 0 unspecified atom stereocenters. The molecule has 152 valence electrons. The fourth-order valence-electron chi connectivity index (χ4n) is 2.57. The van der Waals surface area contributed by atoms with Crippen molar-refractivity contribution in [3.05, 3.63) is 35.5 Å². The van der Waals surface area contributed by atoms with Gasteiger partial charge in [-0.3, -0.25) is 4.68 Å². The molecule has 2 rings (SSSR count). The molecule has 29 heavy (non-hydrogen) atoms. The first-order valence-corrected chi connectivity index (χ1v) is 8.72. The highest BCUT2D eigenvalue weighted by molar-refractivity contribution is 5.98. The standard InChI is InChI=1S/C20H21N3O6/c1-4-29-20(26)14(11-21)9-15-12-23(8-7-18(24)25)22-19(15)13-5-6-16(27-2)17(10-13)28-3/h5-6,9-10,12H,4,7-8H2,1-3H3,(H,24,25)/p-1/b14-9+. The van der Waals surface area contributed by atoms with E-state index in [-0.39, 0.29) is 25.1 Å². The summed E-state index contributed by atoms with van der Waals surface area (Å²) in [4.78, 5) is 22.7. The number of aryl methyl sites for hydroxylation is 1. The van der Waals surface area contributed by atoms with Crippen molar-refractivity contribution in [1.29, 1.82) is 5.26 Å². The Balaban J connectivity index is 2.56. The first kappa shape index (κ1) is 21.5. The molecule has 0 bridgehead atoms. The summed E-state index contributed by atoms with van der Waals surface area (Å²) in [6, 6.07) is 6.94. The fourth-order valence-corrected chi connectivity index (χ4v) is 2.57. The van der Waals surface area contributed by atoms with E-state index < -0.39 is 11.9 Å². The molecule has 9 heteroatoms. The van der Waals surface area contributed by atoms with Crippen LogP contribution in [0.15, 0.2) is 30.0 Å². The zero-order valence-electron chi connectivity index (χ0n) is 16.3. The van der Waals surface area contributed by atoms with Crippen LogP contribution in [-0.4, -0.2) is 42.5 Å². The summed E-state index contributed by atoms with van der Waals surface area (Å²) in [6.45, 7) is 1.84. The van der Waals surface area contributed by atoms with Crippen molar-refractivity contribution in [2.75, 3.05) is 20.8 Å². The lowest BCUT2D eigenvalue weighted by atomic mass is 10.1. The molecule has 0 amide bonds. The normalized spacial score (nSPS) is 10.9. The Kier molecular flexibility index (Phi) is 7.37. The molecule has 0 aliphatic rings. The summed E-state index contributed by atoms with van der Waals surface area (Å²) in [5.74, 6) is -0.977. The Bertz CT molecular complexity index is 971. The van der Waals surface area contributed by atoms with Crippen LogP contribution in [0.2, 0.25) is 0 Å². The van der Waals surface area contributed by atoms with E-state index in [0.717, 1.165) is 0 Å². The van der Waals surface area contributed by atoms with Gasteiger partial charge in [0.15, 0.2) is 11.5 Å². The number of carbonyl (C=O) groups excluding carboxylic acids is 2. The number of carbonyl (C=O) groups is 2. The average Bonchev–Trinajstić information content (AvgIpc) is 3.12. The second-order valence-electron chi connectivity index (χ2n) is 5.78. The van der Waals surface area contributed by atoms with Crippen molar-refractivity contribution >= 4 is 18.0 Å². The molecule has 2 aromatic rings. The predicted octanol–water partition coefficient (Wildman–Crippen LogP) is 1.18. The van der Waals surface area contributed by atoms with Gasteiger partial charge in [0.05, 0.1) is 26.5 Å². The maximum Gasteiger partial charge on any atom is 0.348 e. The smallest absolute Gasteiger partial charge is 0.348 e. The molecule has 0 aliphatic heterocycles. The Morgan fingerprint density at radius 2 is 2.00 bits per heavy atom. The van der Waals surface area contributed by atoms with Crippen LogP contribution >= 0.6 is 0 Å². The van der Waals surface area contributed by atoms with Crippen molar-refractivity contribution in [3.8, 4) is 28.8 Å². The van der Waals surface area contributed by atoms with Crippen LogP contribution in [-0.2, 0) is 20.9 Å². The average molecular weight is 398 g/mol. The number of esters is 1. The minimum atomic E-state index is -1.21. The Hall–Kier alpha value is -3.80. The van der Waals surface area contributed by atoms with Crippen LogP contribution in [0, 0.1) is 11.3 Å². The third kappa shape index (κ3) is 5.35. The number of hydrogen-bond donors (Lipinski definition) is 0. The number of benzene rings is 1. The van der Waals surface area contributed by atoms with Gasteiger partial charge in [-0.1, -0.05) is 0 Å². The van der Waals surface area contributed by atoms with Crippen LogP contribution in [0.5, 0.6) is 11.5 Å². The molecular weight excluding hydrogens is 378 g/mol. The molecule has 0 aliphatic carbocycles. The quantitative estimate of drug-likeness (QED) is 0.350. The van der Waals surface area contributed by atoms with Crippen molar-refractivity contribution in [2.45, 2.75) is 19.9 Å². The number of aliphatic carboxylic acids is 1. The van der Waals surface area contributed by atoms with Crippen LogP contribution < -0.4 is 14.6 Å². The number of methoxy groups -OCH3 is 2. The lowest BCUT2D eigenvalue weighted by Crippen LogP contribution is -2.23. The summed E-state index contributed by atoms with van der Waals surface area (Å²) in [7, 11) is 3.01. The topological polar surface area (TPSA) is 127 Å². The van der Waals surface area contributed by atoms with Gasteiger partial charge >= 0.3 is 5.97 Å². The van der Waals surface area contributed by atoms with Gasteiger partial charge in [0, 0.05) is 36.3 Å². The Morgan fingerprint density at radius 3 is 2.59 bits per heavy atom. The largest absolute Gasteiger partial charge is 0.550 e. The number of hydrogen-bond acceptors (Lipinski definition) is 8. The molecule has 1 aromatic heterocycles. The van der Waals surface area contributed by atoms with E-state index in [1.165, 1.54) is 25.0 Å². The second kappa shape index (κ2) is 9.94. The molecule has 0 N–H and O–H groups in total. The lowest BCUT2D eigenvalue weighted by Gasteiger charge is -2.09. The van der Waals surface area contributed by atoms with Gasteiger partial charge in [-0.15, -0.1) is 0 Å². The highest BCUT2D eigenvalue weighted by Gasteiger charge is 2.16. The first-order chi connectivity index (χ1) is 13.9. The number of rotatable bonds is 9. The van der Waals surface area contributed by atoms with Crippen molar-refractivity contribution in [2.24, 2.45) is 0 Å². The minimum absolute atomic E-state index is 0.0672. The monoisotopic (exact) mass is 398 g/mol. The van der Waals surface area contributed by atoms with Gasteiger partial charge in [0.2, 0.25) is 0 Å². The minimum Gasteiger partial charge on any atom is -0.550 e. The third-order valence-corrected chi connectivity index (χ3v) is 3.91. The SMILES string of the molecule is CCOC(=O)/C(C#N)=C/c1cn(CCC(=O)[O-])nc1-c1ccc(OC)c(OC)c1. The molecule has 1 aromatic carbocycles. The third-order valence-electron chi connectivity index (χ3n) is 3.91. The molecular formula is C20H20N3O6-. The molecule has 9 nitrogen and oxygen atoms in total. The zero-order chi connectivity index (χ0) is 21.4. The number of ether oxygens (including phenoxy) is 3. The summed E-state index contributed by atoms with van der Waals surface area (Å²) < 4.78 is 16.8. The lowest BCUT2D eigenvalue weighted by molar-refractivity contribution is -0.306. The van der Waals surface area contributed by atoms with E-state index in [1.807, 2.05) is 6.07 Å².